The number of hydrogen-bond donors (Lipinski definition) is 2. The molecule has 39 heavy (non-hydrogen) atoms. The van der Waals surface area contributed by atoms with Crippen LogP contribution < -0.4 is 15.5 Å². The number of rotatable bonds is 9. The van der Waals surface area contributed by atoms with Crippen LogP contribution in [-0.2, 0) is 25.5 Å². The number of hydrogen-bond acceptors (Lipinski definition) is 6. The molecule has 2 N–H and O–H groups in total. The zero-order chi connectivity index (χ0) is 28.1. The number of amides is 3. The second kappa shape index (κ2) is 12.1. The summed E-state index contributed by atoms with van der Waals surface area (Å²) in [6.07, 6.45) is 0.839. The van der Waals surface area contributed by atoms with Gasteiger partial charge in [-0.05, 0) is 73.0 Å². The van der Waals surface area contributed by atoms with Gasteiger partial charge in [0.25, 0.3) is 11.8 Å². The minimum Gasteiger partial charge on any atom is -0.462 e. The standard InChI is InChI=1S/C29H25Cl2N3O5/c1-3-15-39-29(38)19-9-13-20(14-10-19)32-24(35)16-18-7-11-21(12-8-18)33-26-25(31)27(36)34(28(26)37)23-6-4-5-22(30)17(23)2/h4-14,33H,3,15-16H2,1-2H3,(H,32,35). The average molecular weight is 566 g/mol. The van der Waals surface area contributed by atoms with Gasteiger partial charge >= 0.3 is 5.97 Å². The number of benzene rings is 3. The van der Waals surface area contributed by atoms with E-state index in [1.165, 1.54) is 0 Å². The van der Waals surface area contributed by atoms with Crippen LogP contribution in [0.3, 0.4) is 0 Å². The molecule has 0 radical (unpaired) electrons. The van der Waals surface area contributed by atoms with E-state index in [1.54, 1.807) is 73.7 Å². The van der Waals surface area contributed by atoms with Crippen LogP contribution in [-0.4, -0.2) is 30.3 Å². The van der Waals surface area contributed by atoms with Crippen molar-refractivity contribution in [3.05, 3.63) is 99.2 Å². The van der Waals surface area contributed by atoms with E-state index in [1.807, 2.05) is 6.92 Å². The first-order chi connectivity index (χ1) is 18.7. The van der Waals surface area contributed by atoms with Gasteiger partial charge < -0.3 is 15.4 Å². The van der Waals surface area contributed by atoms with Gasteiger partial charge in [-0.25, -0.2) is 9.69 Å². The van der Waals surface area contributed by atoms with E-state index in [0.717, 1.165) is 16.9 Å². The predicted octanol–water partition coefficient (Wildman–Crippen LogP) is 5.83. The van der Waals surface area contributed by atoms with E-state index in [-0.39, 0.29) is 23.1 Å². The minimum absolute atomic E-state index is 0.0476. The van der Waals surface area contributed by atoms with Crippen LogP contribution in [0.25, 0.3) is 0 Å². The fraction of sp³-hybridized carbons (Fsp3) is 0.172. The van der Waals surface area contributed by atoms with Crippen LogP contribution >= 0.6 is 23.2 Å². The lowest BCUT2D eigenvalue weighted by Crippen LogP contribution is -2.32. The van der Waals surface area contributed by atoms with Crippen molar-refractivity contribution in [3.63, 3.8) is 0 Å². The number of carbonyl (C=O) groups excluding carboxylic acids is 4. The molecule has 0 bridgehead atoms. The Balaban J connectivity index is 1.37. The lowest BCUT2D eigenvalue weighted by molar-refractivity contribution is -0.120. The summed E-state index contributed by atoms with van der Waals surface area (Å²) in [7, 11) is 0. The summed E-state index contributed by atoms with van der Waals surface area (Å²) < 4.78 is 5.10. The molecule has 0 spiro atoms. The summed E-state index contributed by atoms with van der Waals surface area (Å²) in [6, 6.07) is 18.2. The Morgan fingerprint density at radius 1 is 0.897 bits per heavy atom. The molecule has 200 valence electrons. The third-order valence-electron chi connectivity index (χ3n) is 5.94. The van der Waals surface area contributed by atoms with E-state index < -0.39 is 17.8 Å². The van der Waals surface area contributed by atoms with Gasteiger partial charge in [-0.2, -0.15) is 0 Å². The molecule has 0 aliphatic carbocycles. The Morgan fingerprint density at radius 2 is 1.56 bits per heavy atom. The molecule has 0 fully saturated rings. The molecular formula is C29H25Cl2N3O5. The monoisotopic (exact) mass is 565 g/mol. The average Bonchev–Trinajstić information content (AvgIpc) is 3.13. The first-order valence-corrected chi connectivity index (χ1v) is 12.9. The first kappa shape index (κ1) is 27.9. The molecule has 8 nitrogen and oxygen atoms in total. The van der Waals surface area contributed by atoms with E-state index in [2.05, 4.69) is 10.6 Å². The normalized spacial score (nSPS) is 13.1. The Hall–Kier alpha value is -4.14. The number of nitrogens with zero attached hydrogens (tertiary/aromatic N) is 1. The summed E-state index contributed by atoms with van der Waals surface area (Å²) in [6.45, 7) is 3.98. The van der Waals surface area contributed by atoms with Crippen LogP contribution in [0.2, 0.25) is 5.02 Å². The van der Waals surface area contributed by atoms with E-state index in [0.29, 0.717) is 39.8 Å². The largest absolute Gasteiger partial charge is 0.462 e. The van der Waals surface area contributed by atoms with Gasteiger partial charge in [-0.15, -0.1) is 0 Å². The van der Waals surface area contributed by atoms with Gasteiger partial charge in [0.2, 0.25) is 5.91 Å². The molecule has 3 aromatic carbocycles. The fourth-order valence-corrected chi connectivity index (χ4v) is 4.26. The highest BCUT2D eigenvalue weighted by Crippen LogP contribution is 2.34. The predicted molar refractivity (Wildman–Crippen MR) is 151 cm³/mol. The second-order valence-electron chi connectivity index (χ2n) is 8.78. The molecule has 0 saturated carbocycles. The van der Waals surface area contributed by atoms with Crippen molar-refractivity contribution < 1.29 is 23.9 Å². The Morgan fingerprint density at radius 3 is 2.23 bits per heavy atom. The highest BCUT2D eigenvalue weighted by Gasteiger charge is 2.39. The molecule has 10 heteroatoms. The van der Waals surface area contributed by atoms with Crippen molar-refractivity contribution in [2.24, 2.45) is 0 Å². The zero-order valence-corrected chi connectivity index (χ0v) is 22.7. The van der Waals surface area contributed by atoms with Gasteiger partial charge in [0.15, 0.2) is 0 Å². The number of halogens is 2. The molecule has 1 aliphatic rings. The maximum Gasteiger partial charge on any atom is 0.338 e. The molecule has 0 saturated heterocycles. The van der Waals surface area contributed by atoms with E-state index >= 15 is 0 Å². The minimum atomic E-state index is -0.645. The van der Waals surface area contributed by atoms with Crippen LogP contribution in [0.1, 0.15) is 34.8 Å². The fourth-order valence-electron chi connectivity index (χ4n) is 3.88. The summed E-state index contributed by atoms with van der Waals surface area (Å²) in [5.74, 6) is -1.89. The van der Waals surface area contributed by atoms with Crippen molar-refractivity contribution in [2.45, 2.75) is 26.7 Å². The second-order valence-corrected chi connectivity index (χ2v) is 9.56. The van der Waals surface area contributed by atoms with Gasteiger partial charge in [-0.1, -0.05) is 48.3 Å². The number of nitrogens with one attached hydrogen (secondary N) is 2. The molecule has 1 heterocycles. The molecule has 0 aromatic heterocycles. The highest BCUT2D eigenvalue weighted by atomic mass is 35.5. The molecule has 3 aromatic rings. The summed E-state index contributed by atoms with van der Waals surface area (Å²) in [4.78, 5) is 51.2. The van der Waals surface area contributed by atoms with Crippen molar-refractivity contribution in [3.8, 4) is 0 Å². The number of ether oxygens (including phenoxy) is 1. The lowest BCUT2D eigenvalue weighted by atomic mass is 10.1. The molecular weight excluding hydrogens is 541 g/mol. The smallest absolute Gasteiger partial charge is 0.338 e. The van der Waals surface area contributed by atoms with E-state index in [9.17, 15) is 19.2 Å². The maximum atomic E-state index is 13.1. The van der Waals surface area contributed by atoms with Crippen molar-refractivity contribution >= 4 is 64.0 Å². The molecule has 1 aliphatic heterocycles. The zero-order valence-electron chi connectivity index (χ0n) is 21.2. The maximum absolute atomic E-state index is 13.1. The van der Waals surface area contributed by atoms with Crippen LogP contribution in [0.4, 0.5) is 17.1 Å². The van der Waals surface area contributed by atoms with Crippen molar-refractivity contribution in [1.82, 2.24) is 0 Å². The van der Waals surface area contributed by atoms with Crippen molar-refractivity contribution in [1.29, 1.82) is 0 Å². The van der Waals surface area contributed by atoms with Gasteiger partial charge in [-0.3, -0.25) is 14.4 Å². The van der Waals surface area contributed by atoms with Gasteiger partial charge in [0.05, 0.1) is 24.3 Å². The van der Waals surface area contributed by atoms with Crippen LogP contribution in [0.5, 0.6) is 0 Å². The Kier molecular flexibility index (Phi) is 8.69. The van der Waals surface area contributed by atoms with Gasteiger partial charge in [0.1, 0.15) is 10.7 Å². The van der Waals surface area contributed by atoms with Crippen LogP contribution in [0, 0.1) is 6.92 Å². The highest BCUT2D eigenvalue weighted by molar-refractivity contribution is 6.53. The third-order valence-corrected chi connectivity index (χ3v) is 6.70. The summed E-state index contributed by atoms with van der Waals surface area (Å²) in [5, 5.41) is 5.90. The molecule has 3 amide bonds. The quantitative estimate of drug-likeness (QED) is 0.250. The Bertz CT molecular complexity index is 1470. The van der Waals surface area contributed by atoms with E-state index in [4.69, 9.17) is 27.9 Å². The molecule has 4 rings (SSSR count). The number of imide groups is 1. The molecule has 0 unspecified atom stereocenters. The topological polar surface area (TPSA) is 105 Å². The van der Waals surface area contributed by atoms with Gasteiger partial charge in [0, 0.05) is 16.4 Å². The number of anilines is 3. The summed E-state index contributed by atoms with van der Waals surface area (Å²) >= 11 is 12.4. The Labute approximate surface area is 235 Å². The third kappa shape index (κ3) is 6.30. The summed E-state index contributed by atoms with van der Waals surface area (Å²) in [5.41, 5.74) is 3.10. The number of esters is 1. The van der Waals surface area contributed by atoms with Crippen LogP contribution in [0.15, 0.2) is 77.5 Å². The molecule has 0 atom stereocenters. The first-order valence-electron chi connectivity index (χ1n) is 12.2. The lowest BCUT2D eigenvalue weighted by Gasteiger charge is -2.18. The number of carbonyl (C=O) groups is 4. The van der Waals surface area contributed by atoms with Crippen molar-refractivity contribution in [2.75, 3.05) is 22.1 Å². The SMILES string of the molecule is CCCOC(=O)c1ccc(NC(=O)Cc2ccc(NC3=C(Cl)C(=O)N(c4cccc(Cl)c4C)C3=O)cc2)cc1.